The van der Waals surface area contributed by atoms with Gasteiger partial charge in [-0.15, -0.1) is 11.3 Å². The summed E-state index contributed by atoms with van der Waals surface area (Å²) < 4.78 is 22.0. The number of hydrogen-bond acceptors (Lipinski definition) is 6. The van der Waals surface area contributed by atoms with Crippen LogP contribution in [-0.4, -0.2) is 31.3 Å². The lowest BCUT2D eigenvalue weighted by atomic mass is 10.0. The Labute approximate surface area is 171 Å². The van der Waals surface area contributed by atoms with E-state index in [9.17, 15) is 4.39 Å². The second kappa shape index (κ2) is 7.04. The first-order chi connectivity index (χ1) is 14.1. The number of halogens is 1. The maximum atomic E-state index is 14.1. The van der Waals surface area contributed by atoms with E-state index in [0.29, 0.717) is 17.9 Å². The lowest BCUT2D eigenvalue weighted by Crippen LogP contribution is -2.04. The summed E-state index contributed by atoms with van der Waals surface area (Å²) in [6, 6.07) is 9.32. The van der Waals surface area contributed by atoms with E-state index in [4.69, 9.17) is 9.72 Å². The standard InChI is InChI=1S/C21H18FN5OS/c1-12(2)27-20(24-11-25-27)21-26-18-15-6-5-13(14-4-3-8-23-19(14)22)10-16(15)28-9-7-17(18)29-21/h3-6,8,10-12H,7,9H2,1-2H3. The van der Waals surface area contributed by atoms with Gasteiger partial charge < -0.3 is 4.74 Å². The molecule has 4 aromatic rings. The maximum Gasteiger partial charge on any atom is 0.220 e. The van der Waals surface area contributed by atoms with Crippen molar-refractivity contribution < 1.29 is 9.13 Å². The molecule has 146 valence electrons. The topological polar surface area (TPSA) is 65.7 Å². The third-order valence-corrected chi connectivity index (χ3v) is 5.96. The minimum absolute atomic E-state index is 0.198. The molecule has 1 aliphatic rings. The van der Waals surface area contributed by atoms with Crippen LogP contribution in [0.3, 0.4) is 0 Å². The van der Waals surface area contributed by atoms with Crippen molar-refractivity contribution in [3.05, 3.63) is 53.7 Å². The van der Waals surface area contributed by atoms with Gasteiger partial charge in [0.25, 0.3) is 0 Å². The van der Waals surface area contributed by atoms with Crippen LogP contribution in [0.4, 0.5) is 4.39 Å². The highest BCUT2D eigenvalue weighted by Crippen LogP contribution is 2.41. The Morgan fingerprint density at radius 1 is 1.17 bits per heavy atom. The van der Waals surface area contributed by atoms with Gasteiger partial charge in [0.1, 0.15) is 12.1 Å². The number of benzene rings is 1. The predicted molar refractivity (Wildman–Crippen MR) is 109 cm³/mol. The molecule has 8 heteroatoms. The lowest BCUT2D eigenvalue weighted by molar-refractivity contribution is 0.327. The van der Waals surface area contributed by atoms with Crippen molar-refractivity contribution in [2.24, 2.45) is 0 Å². The molecular formula is C21H18FN5OS. The van der Waals surface area contributed by atoms with Crippen LogP contribution in [0, 0.1) is 5.95 Å². The van der Waals surface area contributed by atoms with Crippen LogP contribution >= 0.6 is 11.3 Å². The Hall–Kier alpha value is -3.13. The van der Waals surface area contributed by atoms with E-state index >= 15 is 0 Å². The fraction of sp³-hybridized carbons (Fsp3) is 0.238. The van der Waals surface area contributed by atoms with Crippen LogP contribution in [0.25, 0.3) is 33.2 Å². The van der Waals surface area contributed by atoms with Gasteiger partial charge in [-0.25, -0.2) is 19.6 Å². The molecule has 0 bridgehead atoms. The maximum absolute atomic E-state index is 14.1. The predicted octanol–water partition coefficient (Wildman–Crippen LogP) is 4.79. The average molecular weight is 407 g/mol. The number of thiazole rings is 1. The molecular weight excluding hydrogens is 389 g/mol. The molecule has 1 aromatic carbocycles. The van der Waals surface area contributed by atoms with Crippen LogP contribution in [0.2, 0.25) is 0 Å². The van der Waals surface area contributed by atoms with E-state index in [1.165, 1.54) is 6.20 Å². The van der Waals surface area contributed by atoms with Crippen LogP contribution in [-0.2, 0) is 6.42 Å². The van der Waals surface area contributed by atoms with Crippen molar-refractivity contribution in [3.63, 3.8) is 0 Å². The Morgan fingerprint density at radius 3 is 2.90 bits per heavy atom. The van der Waals surface area contributed by atoms with E-state index in [2.05, 4.69) is 28.9 Å². The highest BCUT2D eigenvalue weighted by atomic mass is 32.1. The summed E-state index contributed by atoms with van der Waals surface area (Å²) in [5, 5.41) is 5.16. The Kier molecular flexibility index (Phi) is 4.35. The van der Waals surface area contributed by atoms with Crippen molar-refractivity contribution in [2.45, 2.75) is 26.3 Å². The largest absolute Gasteiger partial charge is 0.492 e. The zero-order chi connectivity index (χ0) is 20.0. The number of rotatable bonds is 3. The Morgan fingerprint density at radius 2 is 2.07 bits per heavy atom. The average Bonchev–Trinajstić information content (AvgIpc) is 3.32. The van der Waals surface area contributed by atoms with Crippen LogP contribution in [0.5, 0.6) is 5.75 Å². The normalized spacial score (nSPS) is 13.0. The zero-order valence-corrected chi connectivity index (χ0v) is 16.8. The molecule has 0 fully saturated rings. The van der Waals surface area contributed by atoms with Crippen LogP contribution in [0.1, 0.15) is 24.8 Å². The molecule has 0 amide bonds. The van der Waals surface area contributed by atoms with Gasteiger partial charge in [-0.05, 0) is 43.7 Å². The summed E-state index contributed by atoms with van der Waals surface area (Å²) in [5.74, 6) is 0.979. The molecule has 6 nitrogen and oxygen atoms in total. The van der Waals surface area contributed by atoms with E-state index in [-0.39, 0.29) is 6.04 Å². The summed E-state index contributed by atoms with van der Waals surface area (Å²) in [5.41, 5.74) is 2.98. The second-order valence-corrected chi connectivity index (χ2v) is 8.15. The second-order valence-electron chi connectivity index (χ2n) is 7.06. The third kappa shape index (κ3) is 3.09. The molecule has 4 heterocycles. The van der Waals surface area contributed by atoms with Crippen molar-refractivity contribution >= 4 is 11.3 Å². The number of ether oxygens (including phenoxy) is 1. The van der Waals surface area contributed by atoms with Crippen molar-refractivity contribution in [3.8, 4) is 39.0 Å². The number of aromatic nitrogens is 5. The number of fused-ring (bicyclic) bond motifs is 3. The molecule has 0 N–H and O–H groups in total. The highest BCUT2D eigenvalue weighted by molar-refractivity contribution is 7.15. The van der Waals surface area contributed by atoms with E-state index < -0.39 is 5.95 Å². The molecule has 0 atom stereocenters. The number of nitrogens with zero attached hydrogens (tertiary/aromatic N) is 5. The fourth-order valence-corrected chi connectivity index (χ4v) is 4.51. The minimum Gasteiger partial charge on any atom is -0.492 e. The summed E-state index contributed by atoms with van der Waals surface area (Å²) in [6.45, 7) is 4.68. The number of hydrogen-bond donors (Lipinski definition) is 0. The fourth-order valence-electron chi connectivity index (χ4n) is 3.47. The van der Waals surface area contributed by atoms with E-state index in [0.717, 1.165) is 39.0 Å². The molecule has 5 rings (SSSR count). The summed E-state index contributed by atoms with van der Waals surface area (Å²) in [6.07, 6.45) is 3.76. The first-order valence-electron chi connectivity index (χ1n) is 9.39. The minimum atomic E-state index is -0.495. The molecule has 0 radical (unpaired) electrons. The van der Waals surface area contributed by atoms with Gasteiger partial charge in [0.05, 0.1) is 12.3 Å². The molecule has 29 heavy (non-hydrogen) atoms. The third-order valence-electron chi connectivity index (χ3n) is 4.84. The van der Waals surface area contributed by atoms with E-state index in [1.54, 1.807) is 29.8 Å². The summed E-state index contributed by atoms with van der Waals surface area (Å²) in [7, 11) is 0. The quantitative estimate of drug-likeness (QED) is 0.457. The van der Waals surface area contributed by atoms with Crippen LogP contribution < -0.4 is 4.74 Å². The molecule has 0 spiro atoms. The van der Waals surface area contributed by atoms with Gasteiger partial charge in [-0.2, -0.15) is 9.49 Å². The van der Waals surface area contributed by atoms with Crippen molar-refractivity contribution in [1.29, 1.82) is 0 Å². The van der Waals surface area contributed by atoms with Crippen molar-refractivity contribution in [1.82, 2.24) is 24.7 Å². The molecule has 3 aromatic heterocycles. The van der Waals surface area contributed by atoms with Gasteiger partial charge in [-0.1, -0.05) is 6.07 Å². The lowest BCUT2D eigenvalue weighted by Gasteiger charge is -2.10. The zero-order valence-electron chi connectivity index (χ0n) is 16.0. The van der Waals surface area contributed by atoms with Gasteiger partial charge in [0.2, 0.25) is 5.95 Å². The van der Waals surface area contributed by atoms with Crippen molar-refractivity contribution in [2.75, 3.05) is 6.61 Å². The monoisotopic (exact) mass is 407 g/mol. The SMILES string of the molecule is CC(C)n1ncnc1-c1nc2c(s1)CCOc1cc(-c3cccnc3F)ccc1-2. The van der Waals surface area contributed by atoms with E-state index in [1.807, 2.05) is 22.9 Å². The Balaban J connectivity index is 1.60. The molecule has 0 unspecified atom stereocenters. The first-order valence-corrected chi connectivity index (χ1v) is 10.2. The molecule has 1 aliphatic heterocycles. The van der Waals surface area contributed by atoms with Crippen LogP contribution in [0.15, 0.2) is 42.9 Å². The molecule has 0 saturated carbocycles. The molecule has 0 aliphatic carbocycles. The first kappa shape index (κ1) is 17.9. The smallest absolute Gasteiger partial charge is 0.220 e. The number of pyridine rings is 1. The summed E-state index contributed by atoms with van der Waals surface area (Å²) in [4.78, 5) is 14.2. The highest BCUT2D eigenvalue weighted by Gasteiger charge is 2.24. The molecule has 0 saturated heterocycles. The summed E-state index contributed by atoms with van der Waals surface area (Å²) >= 11 is 1.62. The van der Waals surface area contributed by atoms with Gasteiger partial charge in [-0.3, -0.25) is 0 Å². The van der Waals surface area contributed by atoms with Gasteiger partial charge in [0, 0.05) is 34.7 Å². The van der Waals surface area contributed by atoms with Gasteiger partial charge in [0.15, 0.2) is 10.8 Å². The Bertz CT molecular complexity index is 1200. The van der Waals surface area contributed by atoms with Gasteiger partial charge >= 0.3 is 0 Å².